The van der Waals surface area contributed by atoms with Crippen LogP contribution >= 0.6 is 0 Å². The summed E-state index contributed by atoms with van der Waals surface area (Å²) in [5, 5.41) is 0. The molecule has 0 aliphatic rings. The SMILES string of the molecule is Cc1ccc(C)[n]1[Mo](=[CH]C(C)(C)c1ccccc1)(=[N]c1c(C(C)C)cccc1C(C)C)[n]1c(C)ccc1C. The molecule has 0 atom stereocenters. The average Bonchev–Trinajstić information content (AvgIpc) is 3.39. The van der Waals surface area contributed by atoms with Gasteiger partial charge in [-0.15, -0.1) is 0 Å². The molecule has 2 heterocycles. The molecule has 0 saturated heterocycles. The molecular weight excluding hydrogens is 546 g/mol. The van der Waals surface area contributed by atoms with Gasteiger partial charge in [-0.1, -0.05) is 0 Å². The predicted molar refractivity (Wildman–Crippen MR) is 161 cm³/mol. The molecule has 0 aliphatic carbocycles. The minimum absolute atomic E-state index is 0.192. The zero-order valence-electron chi connectivity index (χ0n) is 24.9. The summed E-state index contributed by atoms with van der Waals surface area (Å²) in [5.41, 5.74) is 10.1. The summed E-state index contributed by atoms with van der Waals surface area (Å²) in [4.78, 5) is 0. The second kappa shape index (κ2) is 10.9. The summed E-state index contributed by atoms with van der Waals surface area (Å²) in [7, 11) is 0. The van der Waals surface area contributed by atoms with Crippen molar-refractivity contribution in [1.82, 2.24) is 6.25 Å². The molecule has 4 aromatic rings. The summed E-state index contributed by atoms with van der Waals surface area (Å²) in [6.07, 6.45) is 0. The van der Waals surface area contributed by atoms with Gasteiger partial charge in [0.25, 0.3) is 0 Å². The first-order valence-corrected chi connectivity index (χ1v) is 17.7. The summed E-state index contributed by atoms with van der Waals surface area (Å²) in [6, 6.07) is 26.8. The summed E-state index contributed by atoms with van der Waals surface area (Å²) in [5.74, 6) is 0.766. The van der Waals surface area contributed by atoms with Crippen LogP contribution in [0.25, 0.3) is 0 Å². The Balaban J connectivity index is 2.34. The quantitative estimate of drug-likeness (QED) is 0.191. The molecule has 0 bridgehead atoms. The van der Waals surface area contributed by atoms with Gasteiger partial charge in [0.15, 0.2) is 0 Å². The van der Waals surface area contributed by atoms with Crippen molar-refractivity contribution >= 4 is 10.1 Å². The molecule has 202 valence electrons. The Morgan fingerprint density at radius 1 is 0.632 bits per heavy atom. The average molecular weight is 592 g/mol. The van der Waals surface area contributed by atoms with Crippen LogP contribution in [0.15, 0.2) is 76.3 Å². The topological polar surface area (TPSA) is 22.2 Å². The van der Waals surface area contributed by atoms with Gasteiger partial charge in [0.05, 0.1) is 0 Å². The second-order valence-corrected chi connectivity index (χ2v) is 17.4. The third-order valence-corrected chi connectivity index (χ3v) is 16.3. The Morgan fingerprint density at radius 2 is 1.05 bits per heavy atom. The molecule has 38 heavy (non-hydrogen) atoms. The van der Waals surface area contributed by atoms with Gasteiger partial charge in [-0.05, 0) is 0 Å². The molecular formula is C34H45MoN3. The molecule has 4 rings (SSSR count). The van der Waals surface area contributed by atoms with E-state index in [0.29, 0.717) is 11.8 Å². The van der Waals surface area contributed by atoms with E-state index in [4.69, 9.17) is 3.50 Å². The van der Waals surface area contributed by atoms with E-state index in [9.17, 15) is 0 Å². The van der Waals surface area contributed by atoms with Gasteiger partial charge in [0, 0.05) is 0 Å². The molecule has 2 aromatic heterocycles. The van der Waals surface area contributed by atoms with Crippen molar-refractivity contribution in [2.75, 3.05) is 0 Å². The third-order valence-electron chi connectivity index (χ3n) is 7.49. The normalized spacial score (nSPS) is 12.4. The zero-order chi connectivity index (χ0) is 27.8. The summed E-state index contributed by atoms with van der Waals surface area (Å²) < 4.78 is 14.0. The number of benzene rings is 2. The summed E-state index contributed by atoms with van der Waals surface area (Å²) in [6.45, 7) is 22.9. The molecule has 4 heteroatoms. The Labute approximate surface area is 233 Å². The molecule has 0 fully saturated rings. The fraction of sp³-hybridized carbons (Fsp3) is 0.382. The Morgan fingerprint density at radius 3 is 1.45 bits per heavy atom. The van der Waals surface area contributed by atoms with Gasteiger partial charge in [0.2, 0.25) is 0 Å². The van der Waals surface area contributed by atoms with Gasteiger partial charge in [-0.3, -0.25) is 0 Å². The number of hydrogen-bond donors (Lipinski definition) is 0. The number of aryl methyl sites for hydroxylation is 4. The van der Waals surface area contributed by atoms with Gasteiger partial charge >= 0.3 is 235 Å². The van der Waals surface area contributed by atoms with Crippen molar-refractivity contribution in [1.29, 1.82) is 0 Å². The summed E-state index contributed by atoms with van der Waals surface area (Å²) >= 11 is -3.81. The predicted octanol–water partition coefficient (Wildman–Crippen LogP) is 9.45. The van der Waals surface area contributed by atoms with Crippen molar-refractivity contribution < 1.29 is 15.9 Å². The fourth-order valence-electron chi connectivity index (χ4n) is 5.53. The molecule has 0 radical (unpaired) electrons. The molecule has 0 spiro atoms. The molecule has 0 aliphatic heterocycles. The van der Waals surface area contributed by atoms with Crippen LogP contribution in [0.2, 0.25) is 0 Å². The minimum atomic E-state index is -3.81. The van der Waals surface area contributed by atoms with E-state index in [1.165, 1.54) is 45.2 Å². The maximum absolute atomic E-state index is 6.13. The second-order valence-electron chi connectivity index (χ2n) is 11.8. The van der Waals surface area contributed by atoms with E-state index in [-0.39, 0.29) is 5.41 Å². The van der Waals surface area contributed by atoms with E-state index in [1.54, 1.807) is 0 Å². The molecule has 2 aromatic carbocycles. The van der Waals surface area contributed by atoms with Gasteiger partial charge in [0.1, 0.15) is 0 Å². The van der Waals surface area contributed by atoms with Crippen molar-refractivity contribution in [3.8, 4) is 0 Å². The molecule has 0 saturated carbocycles. The van der Waals surface area contributed by atoms with Crippen LogP contribution in [-0.2, 0) is 21.3 Å². The zero-order valence-corrected chi connectivity index (χ0v) is 26.9. The van der Waals surface area contributed by atoms with E-state index in [0.717, 1.165) is 0 Å². The van der Waals surface area contributed by atoms with E-state index in [1.807, 2.05) is 0 Å². The first-order valence-electron chi connectivity index (χ1n) is 13.8. The number of hydrogen-bond acceptors (Lipinski definition) is 1. The maximum atomic E-state index is 6.13. The standard InChI is InChI=1S/C12H17N.C10H12.2C6H8N.Mo/c1-8(2)10-6-5-7-11(9(3)4)12(10)13;1-10(2,3)9-7-5-4-6-8-9;2*1-5-3-4-6(2)7-5;/h5-9H,1-4H3;1,4-8H,2-3H3;2*3-4H,1-2H3;/q;;2*-1;+2. The van der Waals surface area contributed by atoms with E-state index >= 15 is 0 Å². The molecule has 3 nitrogen and oxygen atoms in total. The van der Waals surface area contributed by atoms with Gasteiger partial charge in [-0.25, -0.2) is 0 Å². The molecule has 0 unspecified atom stereocenters. The van der Waals surface area contributed by atoms with Crippen LogP contribution in [0, 0.1) is 27.7 Å². The van der Waals surface area contributed by atoms with Gasteiger partial charge in [-0.2, -0.15) is 0 Å². The third kappa shape index (κ3) is 5.15. The van der Waals surface area contributed by atoms with E-state index in [2.05, 4.69) is 153 Å². The monoisotopic (exact) mass is 593 g/mol. The molecule has 0 N–H and O–H groups in total. The number of aromatic nitrogens is 2. The van der Waals surface area contributed by atoms with Crippen molar-refractivity contribution in [2.45, 2.75) is 86.5 Å². The Kier molecular flexibility index (Phi) is 8.10. The number of nitrogens with zero attached hydrogens (tertiary/aromatic N) is 3. The van der Waals surface area contributed by atoms with Crippen LogP contribution in [0.4, 0.5) is 5.69 Å². The first kappa shape index (κ1) is 28.4. The van der Waals surface area contributed by atoms with Crippen LogP contribution in [0.1, 0.15) is 92.8 Å². The van der Waals surface area contributed by atoms with Gasteiger partial charge < -0.3 is 0 Å². The van der Waals surface area contributed by atoms with Crippen molar-refractivity contribution in [3.05, 3.63) is 112 Å². The first-order chi connectivity index (χ1) is 17.9. The van der Waals surface area contributed by atoms with Crippen LogP contribution < -0.4 is 0 Å². The van der Waals surface area contributed by atoms with Crippen LogP contribution in [-0.4, -0.2) is 10.7 Å². The molecule has 0 amide bonds. The van der Waals surface area contributed by atoms with Crippen molar-refractivity contribution in [2.24, 2.45) is 3.50 Å². The van der Waals surface area contributed by atoms with Crippen LogP contribution in [0.5, 0.6) is 0 Å². The van der Waals surface area contributed by atoms with E-state index < -0.39 is 15.9 Å². The fourth-order valence-corrected chi connectivity index (χ4v) is 15.2. The number of rotatable bonds is 7. The van der Waals surface area contributed by atoms with Crippen molar-refractivity contribution in [3.63, 3.8) is 0 Å². The van der Waals surface area contributed by atoms with Crippen LogP contribution in [0.3, 0.4) is 0 Å². The Bertz CT molecular complexity index is 1430. The Hall–Kier alpha value is -2.64.